The Bertz CT molecular complexity index is 490. The maximum Gasteiger partial charge on any atom is 0.339 e. The van der Waals surface area contributed by atoms with Crippen molar-refractivity contribution >= 4 is 37.8 Å². The first-order chi connectivity index (χ1) is 10.1. The quantitative estimate of drug-likeness (QED) is 0.504. The molecule has 0 aromatic heterocycles. The van der Waals surface area contributed by atoms with Crippen LogP contribution in [0.2, 0.25) is 0 Å². The van der Waals surface area contributed by atoms with E-state index in [1.807, 2.05) is 6.07 Å². The molecule has 0 radical (unpaired) electrons. The lowest BCUT2D eigenvalue weighted by Gasteiger charge is -2.25. The first kappa shape index (κ1) is 16.8. The summed E-state index contributed by atoms with van der Waals surface area (Å²) in [7, 11) is 1.58. The van der Waals surface area contributed by atoms with E-state index in [0.717, 1.165) is 23.7 Å². The summed E-state index contributed by atoms with van der Waals surface area (Å²) >= 11 is 7.07. The van der Waals surface area contributed by atoms with E-state index in [1.54, 1.807) is 19.2 Å². The van der Waals surface area contributed by atoms with Gasteiger partial charge < -0.3 is 9.47 Å². The predicted molar refractivity (Wildman–Crippen MR) is 90.3 cm³/mol. The second-order valence-electron chi connectivity index (χ2n) is 5.30. The lowest BCUT2D eigenvalue weighted by atomic mass is 9.98. The van der Waals surface area contributed by atoms with E-state index < -0.39 is 0 Å². The second kappa shape index (κ2) is 8.18. The Labute approximate surface area is 142 Å². The molecule has 0 aliphatic heterocycles. The smallest absolute Gasteiger partial charge is 0.339 e. The Kier molecular flexibility index (Phi) is 6.55. The van der Waals surface area contributed by atoms with Gasteiger partial charge in [-0.2, -0.15) is 0 Å². The molecule has 2 atom stereocenters. The molecule has 0 bridgehead atoms. The third-order valence-electron chi connectivity index (χ3n) is 3.77. The van der Waals surface area contributed by atoms with Gasteiger partial charge in [-0.05, 0) is 53.4 Å². The number of carbonyl (C=O) groups is 1. The van der Waals surface area contributed by atoms with Crippen molar-refractivity contribution < 1.29 is 14.3 Å². The molecule has 116 valence electrons. The summed E-state index contributed by atoms with van der Waals surface area (Å²) in [6, 6.07) is 5.32. The number of hydrogen-bond donors (Lipinski definition) is 0. The van der Waals surface area contributed by atoms with Crippen molar-refractivity contribution in [2.24, 2.45) is 0 Å². The molecule has 1 aliphatic carbocycles. The van der Waals surface area contributed by atoms with E-state index >= 15 is 0 Å². The second-order valence-corrected chi connectivity index (χ2v) is 7.33. The molecule has 2 rings (SSSR count). The number of hydrogen-bond acceptors (Lipinski definition) is 3. The highest BCUT2D eigenvalue weighted by molar-refractivity contribution is 9.10. The molecule has 1 aromatic carbocycles. The maximum absolute atomic E-state index is 12.4. The topological polar surface area (TPSA) is 35.5 Å². The summed E-state index contributed by atoms with van der Waals surface area (Å²) in [5.74, 6) is 0.356. The lowest BCUT2D eigenvalue weighted by Crippen LogP contribution is -2.28. The van der Waals surface area contributed by atoms with E-state index in [-0.39, 0.29) is 16.9 Å². The van der Waals surface area contributed by atoms with Crippen molar-refractivity contribution in [2.45, 2.75) is 49.5 Å². The number of halogens is 2. The zero-order valence-corrected chi connectivity index (χ0v) is 15.3. The molecule has 3 nitrogen and oxygen atoms in total. The van der Waals surface area contributed by atoms with Gasteiger partial charge in [0.15, 0.2) is 0 Å². The Balaban J connectivity index is 2.08. The summed E-state index contributed by atoms with van der Waals surface area (Å²) in [4.78, 5) is 12.7. The summed E-state index contributed by atoms with van der Waals surface area (Å²) in [6.07, 6.45) is 6.70. The fourth-order valence-electron chi connectivity index (χ4n) is 2.53. The van der Waals surface area contributed by atoms with Crippen molar-refractivity contribution in [1.82, 2.24) is 0 Å². The van der Waals surface area contributed by atoms with Crippen LogP contribution in [0, 0.1) is 0 Å². The third-order valence-corrected chi connectivity index (χ3v) is 5.51. The molecule has 0 N–H and O–H groups in total. The standard InChI is InChI=1S/C16H20Br2O3/c1-20-11-8-9-13(17)12(10-11)16(19)21-15-7-5-3-2-4-6-14(15)18/h8-10,14-15H,2-7H2,1H3/t14-,15-/m1/s1. The number of methoxy groups -OCH3 is 1. The Morgan fingerprint density at radius 1 is 1.19 bits per heavy atom. The fourth-order valence-corrected chi connectivity index (χ4v) is 3.63. The average molecular weight is 420 g/mol. The molecule has 1 fully saturated rings. The molecule has 1 aromatic rings. The van der Waals surface area contributed by atoms with Gasteiger partial charge >= 0.3 is 5.97 Å². The molecule has 1 saturated carbocycles. The summed E-state index contributed by atoms with van der Waals surface area (Å²) in [5, 5.41) is 0. The minimum atomic E-state index is -0.296. The van der Waals surface area contributed by atoms with Gasteiger partial charge in [0.1, 0.15) is 11.9 Å². The first-order valence-corrected chi connectivity index (χ1v) is 9.01. The van der Waals surface area contributed by atoms with Gasteiger partial charge in [-0.15, -0.1) is 0 Å². The number of ether oxygens (including phenoxy) is 2. The van der Waals surface area contributed by atoms with E-state index in [4.69, 9.17) is 9.47 Å². The Morgan fingerprint density at radius 2 is 1.90 bits per heavy atom. The zero-order valence-electron chi connectivity index (χ0n) is 12.1. The van der Waals surface area contributed by atoms with Crippen molar-refractivity contribution in [2.75, 3.05) is 7.11 Å². The largest absolute Gasteiger partial charge is 0.497 e. The normalized spacial score (nSPS) is 23.0. The molecule has 0 spiro atoms. The molecule has 5 heteroatoms. The molecule has 0 amide bonds. The number of carbonyl (C=O) groups excluding carboxylic acids is 1. The van der Waals surface area contributed by atoms with Crippen LogP contribution in [0.1, 0.15) is 48.9 Å². The molecule has 1 aliphatic rings. The molecule has 0 saturated heterocycles. The maximum atomic E-state index is 12.4. The van der Waals surface area contributed by atoms with Crippen LogP contribution in [0.15, 0.2) is 22.7 Å². The van der Waals surface area contributed by atoms with Crippen LogP contribution < -0.4 is 4.74 Å². The van der Waals surface area contributed by atoms with Gasteiger partial charge in [-0.25, -0.2) is 4.79 Å². The first-order valence-electron chi connectivity index (χ1n) is 7.30. The Hall–Kier alpha value is -0.550. The SMILES string of the molecule is COc1ccc(Br)c(C(=O)O[C@@H]2CCCCCC[C@H]2Br)c1. The van der Waals surface area contributed by atoms with Gasteiger partial charge in [0.25, 0.3) is 0 Å². The van der Waals surface area contributed by atoms with Gasteiger partial charge in [0.2, 0.25) is 0 Å². The minimum absolute atomic E-state index is 0.0594. The van der Waals surface area contributed by atoms with Gasteiger partial charge in [-0.1, -0.05) is 35.2 Å². The molecule has 21 heavy (non-hydrogen) atoms. The zero-order chi connectivity index (χ0) is 15.2. The van der Waals surface area contributed by atoms with Crippen molar-refractivity contribution in [3.63, 3.8) is 0 Å². The van der Waals surface area contributed by atoms with Crippen LogP contribution in [-0.4, -0.2) is 24.0 Å². The van der Waals surface area contributed by atoms with Crippen LogP contribution in [0.3, 0.4) is 0 Å². The van der Waals surface area contributed by atoms with Crippen LogP contribution in [0.25, 0.3) is 0 Å². The highest BCUT2D eigenvalue weighted by Crippen LogP contribution is 2.28. The van der Waals surface area contributed by atoms with E-state index in [9.17, 15) is 4.79 Å². The van der Waals surface area contributed by atoms with E-state index in [1.165, 1.54) is 19.3 Å². The van der Waals surface area contributed by atoms with Gasteiger partial charge in [0, 0.05) is 4.47 Å². The van der Waals surface area contributed by atoms with E-state index in [2.05, 4.69) is 31.9 Å². The summed E-state index contributed by atoms with van der Waals surface area (Å²) in [6.45, 7) is 0. The van der Waals surface area contributed by atoms with Crippen molar-refractivity contribution in [3.05, 3.63) is 28.2 Å². The number of rotatable bonds is 3. The van der Waals surface area contributed by atoms with Crippen molar-refractivity contribution in [1.29, 1.82) is 0 Å². The number of benzene rings is 1. The van der Waals surface area contributed by atoms with E-state index in [0.29, 0.717) is 11.3 Å². The average Bonchev–Trinajstić information content (AvgIpc) is 2.47. The number of esters is 1. The van der Waals surface area contributed by atoms with Crippen LogP contribution in [0.5, 0.6) is 5.75 Å². The van der Waals surface area contributed by atoms with Crippen LogP contribution in [-0.2, 0) is 4.74 Å². The third kappa shape index (κ3) is 4.71. The summed E-state index contributed by atoms with van der Waals surface area (Å²) < 4.78 is 11.6. The Morgan fingerprint density at radius 3 is 2.62 bits per heavy atom. The minimum Gasteiger partial charge on any atom is -0.497 e. The fraction of sp³-hybridized carbons (Fsp3) is 0.562. The highest BCUT2D eigenvalue weighted by atomic mass is 79.9. The molecule has 0 heterocycles. The highest BCUT2D eigenvalue weighted by Gasteiger charge is 2.25. The molecule has 0 unspecified atom stereocenters. The molecular weight excluding hydrogens is 400 g/mol. The van der Waals surface area contributed by atoms with Crippen LogP contribution >= 0.6 is 31.9 Å². The predicted octanol–water partition coefficient (Wildman–Crippen LogP) is 5.10. The van der Waals surface area contributed by atoms with Gasteiger partial charge in [-0.3, -0.25) is 0 Å². The van der Waals surface area contributed by atoms with Gasteiger partial charge in [0.05, 0.1) is 17.5 Å². The molecular formula is C16H20Br2O3. The number of alkyl halides is 1. The monoisotopic (exact) mass is 418 g/mol. The van der Waals surface area contributed by atoms with Crippen LogP contribution in [0.4, 0.5) is 0 Å². The lowest BCUT2D eigenvalue weighted by molar-refractivity contribution is 0.0259. The summed E-state index contributed by atoms with van der Waals surface area (Å²) in [5.41, 5.74) is 0.510. The van der Waals surface area contributed by atoms with Crippen molar-refractivity contribution in [3.8, 4) is 5.75 Å².